The Hall–Kier alpha value is -1.82. The fourth-order valence-electron chi connectivity index (χ4n) is 1.50. The van der Waals surface area contributed by atoms with Gasteiger partial charge in [-0.1, -0.05) is 18.2 Å². The molecule has 1 N–H and O–H groups in total. The lowest BCUT2D eigenvalue weighted by atomic mass is 10.2. The Labute approximate surface area is 124 Å². The monoisotopic (exact) mass is 366 g/mol. The second-order valence-electron chi connectivity index (χ2n) is 3.77. The zero-order valence-electron chi connectivity index (χ0n) is 9.92. The van der Waals surface area contributed by atoms with Gasteiger partial charge in [0.1, 0.15) is 11.5 Å². The first-order chi connectivity index (χ1) is 9.15. The molecule has 0 amide bonds. The summed E-state index contributed by atoms with van der Waals surface area (Å²) in [4.78, 5) is 10.6. The van der Waals surface area contributed by atoms with Crippen molar-refractivity contribution in [2.45, 2.75) is 0 Å². The number of para-hydroxylation sites is 1. The quantitative estimate of drug-likeness (QED) is 0.652. The van der Waals surface area contributed by atoms with Crippen LogP contribution in [0, 0.1) is 3.57 Å². The molecule has 0 spiro atoms. The molecule has 3 nitrogen and oxygen atoms in total. The van der Waals surface area contributed by atoms with Crippen LogP contribution in [0.1, 0.15) is 5.56 Å². The summed E-state index contributed by atoms with van der Waals surface area (Å²) in [5.74, 6) is 0.363. The number of carboxylic acids is 1. The van der Waals surface area contributed by atoms with Gasteiger partial charge < -0.3 is 9.84 Å². The predicted octanol–water partition coefficient (Wildman–Crippen LogP) is 4.18. The van der Waals surface area contributed by atoms with Crippen molar-refractivity contribution >= 4 is 34.6 Å². The van der Waals surface area contributed by atoms with Crippen molar-refractivity contribution in [2.24, 2.45) is 0 Å². The molecule has 0 aliphatic carbocycles. The van der Waals surface area contributed by atoms with E-state index in [0.29, 0.717) is 5.75 Å². The third-order valence-electron chi connectivity index (χ3n) is 2.37. The van der Waals surface area contributed by atoms with Crippen LogP contribution in [-0.2, 0) is 4.79 Å². The van der Waals surface area contributed by atoms with Crippen LogP contribution in [0.3, 0.4) is 0 Å². The van der Waals surface area contributed by atoms with Gasteiger partial charge in [-0.05, 0) is 59.0 Å². The molecule has 0 saturated heterocycles. The highest BCUT2D eigenvalue weighted by Crippen LogP contribution is 2.26. The largest absolute Gasteiger partial charge is 0.478 e. The van der Waals surface area contributed by atoms with Crippen LogP contribution in [0.2, 0.25) is 0 Å². The Morgan fingerprint density at radius 3 is 2.47 bits per heavy atom. The van der Waals surface area contributed by atoms with Crippen LogP contribution in [-0.4, -0.2) is 11.1 Å². The molecule has 0 aliphatic heterocycles. The third kappa shape index (κ3) is 4.10. The van der Waals surface area contributed by atoms with Crippen molar-refractivity contribution in [1.29, 1.82) is 0 Å². The summed E-state index contributed by atoms with van der Waals surface area (Å²) in [7, 11) is 0. The van der Waals surface area contributed by atoms with E-state index in [1.54, 1.807) is 6.07 Å². The minimum atomic E-state index is -0.982. The van der Waals surface area contributed by atoms with Gasteiger partial charge in [-0.3, -0.25) is 0 Å². The summed E-state index contributed by atoms with van der Waals surface area (Å²) in [5, 5.41) is 8.66. The summed E-state index contributed by atoms with van der Waals surface area (Å²) in [5.41, 5.74) is 0.725. The first kappa shape index (κ1) is 13.6. The molecule has 96 valence electrons. The normalized spacial score (nSPS) is 10.6. The van der Waals surface area contributed by atoms with E-state index in [4.69, 9.17) is 9.84 Å². The fraction of sp³-hybridized carbons (Fsp3) is 0. The predicted molar refractivity (Wildman–Crippen MR) is 82.3 cm³/mol. The Morgan fingerprint density at radius 2 is 1.79 bits per heavy atom. The second kappa shape index (κ2) is 6.38. The molecule has 2 aromatic carbocycles. The van der Waals surface area contributed by atoms with Gasteiger partial charge in [-0.2, -0.15) is 0 Å². The van der Waals surface area contributed by atoms with Crippen LogP contribution in [0.4, 0.5) is 0 Å². The molecule has 0 unspecified atom stereocenters. The number of rotatable bonds is 4. The van der Waals surface area contributed by atoms with Gasteiger partial charge in [0.15, 0.2) is 0 Å². The van der Waals surface area contributed by atoms with E-state index in [2.05, 4.69) is 22.6 Å². The molecular weight excluding hydrogens is 355 g/mol. The van der Waals surface area contributed by atoms with E-state index in [-0.39, 0.29) is 0 Å². The van der Waals surface area contributed by atoms with Crippen molar-refractivity contribution in [3.63, 3.8) is 0 Å². The average Bonchev–Trinajstić information content (AvgIpc) is 2.40. The Kier molecular flexibility index (Phi) is 4.57. The van der Waals surface area contributed by atoms with Crippen LogP contribution in [0.5, 0.6) is 11.5 Å². The minimum absolute atomic E-state index is 0.626. The summed E-state index contributed by atoms with van der Waals surface area (Å²) in [6.07, 6.45) is 2.61. The number of hydrogen-bond acceptors (Lipinski definition) is 2. The van der Waals surface area contributed by atoms with E-state index in [1.165, 1.54) is 6.08 Å². The van der Waals surface area contributed by atoms with Crippen molar-refractivity contribution in [2.75, 3.05) is 0 Å². The number of aliphatic carboxylic acids is 1. The summed E-state index contributed by atoms with van der Waals surface area (Å²) < 4.78 is 6.88. The van der Waals surface area contributed by atoms with Crippen LogP contribution >= 0.6 is 22.6 Å². The Bertz CT molecular complexity index is 603. The number of benzene rings is 2. The molecule has 0 saturated carbocycles. The molecule has 0 fully saturated rings. The number of hydrogen-bond donors (Lipinski definition) is 1. The lowest BCUT2D eigenvalue weighted by Gasteiger charge is -2.08. The van der Waals surface area contributed by atoms with Gasteiger partial charge in [0.2, 0.25) is 0 Å². The van der Waals surface area contributed by atoms with E-state index in [0.717, 1.165) is 21.0 Å². The summed E-state index contributed by atoms with van der Waals surface area (Å²) >= 11 is 2.22. The molecule has 0 radical (unpaired) electrons. The highest BCUT2D eigenvalue weighted by molar-refractivity contribution is 14.1. The number of halogens is 1. The van der Waals surface area contributed by atoms with Crippen molar-refractivity contribution in [3.8, 4) is 11.5 Å². The molecule has 19 heavy (non-hydrogen) atoms. The van der Waals surface area contributed by atoms with Crippen LogP contribution in [0.15, 0.2) is 54.6 Å². The summed E-state index contributed by atoms with van der Waals surface area (Å²) in [6, 6.07) is 14.9. The highest BCUT2D eigenvalue weighted by Gasteiger charge is 2.02. The smallest absolute Gasteiger partial charge is 0.328 e. The molecule has 0 heterocycles. The summed E-state index contributed by atoms with van der Waals surface area (Å²) in [6.45, 7) is 0. The van der Waals surface area contributed by atoms with Gasteiger partial charge in [-0.15, -0.1) is 0 Å². The average molecular weight is 366 g/mol. The van der Waals surface area contributed by atoms with E-state index >= 15 is 0 Å². The standard InChI is InChI=1S/C15H11IO3/c16-12-6-8-13(9-7-12)19-14-4-2-1-3-11(14)5-10-15(17)18/h1-10H,(H,17,18). The van der Waals surface area contributed by atoms with Gasteiger partial charge >= 0.3 is 5.97 Å². The molecule has 0 aliphatic rings. The van der Waals surface area contributed by atoms with Gasteiger partial charge in [0.25, 0.3) is 0 Å². The van der Waals surface area contributed by atoms with Gasteiger partial charge in [0, 0.05) is 15.2 Å². The number of ether oxygens (including phenoxy) is 1. The number of carbonyl (C=O) groups is 1. The van der Waals surface area contributed by atoms with Crippen molar-refractivity contribution in [3.05, 3.63) is 63.7 Å². The minimum Gasteiger partial charge on any atom is -0.478 e. The number of carboxylic acid groups (broad SMARTS) is 1. The molecule has 2 rings (SSSR count). The van der Waals surface area contributed by atoms with Crippen LogP contribution in [0.25, 0.3) is 6.08 Å². The van der Waals surface area contributed by atoms with E-state index in [9.17, 15) is 4.79 Å². The third-order valence-corrected chi connectivity index (χ3v) is 3.09. The van der Waals surface area contributed by atoms with Crippen LogP contribution < -0.4 is 4.74 Å². The first-order valence-corrected chi connectivity index (χ1v) is 6.66. The molecule has 2 aromatic rings. The zero-order valence-corrected chi connectivity index (χ0v) is 12.1. The molecule has 0 bridgehead atoms. The van der Waals surface area contributed by atoms with Gasteiger partial charge in [-0.25, -0.2) is 4.79 Å². The first-order valence-electron chi connectivity index (χ1n) is 5.58. The van der Waals surface area contributed by atoms with Crippen molar-refractivity contribution < 1.29 is 14.6 Å². The SMILES string of the molecule is O=C(O)C=Cc1ccccc1Oc1ccc(I)cc1. The molecule has 0 atom stereocenters. The zero-order chi connectivity index (χ0) is 13.7. The maximum absolute atomic E-state index is 10.6. The molecule has 0 aromatic heterocycles. The maximum atomic E-state index is 10.6. The Morgan fingerprint density at radius 1 is 1.11 bits per heavy atom. The maximum Gasteiger partial charge on any atom is 0.328 e. The molecular formula is C15H11IO3. The topological polar surface area (TPSA) is 46.5 Å². The Balaban J connectivity index is 2.24. The lowest BCUT2D eigenvalue weighted by Crippen LogP contribution is -1.89. The molecule has 4 heteroatoms. The van der Waals surface area contributed by atoms with E-state index in [1.807, 2.05) is 42.5 Å². The fourth-order valence-corrected chi connectivity index (χ4v) is 1.86. The second-order valence-corrected chi connectivity index (χ2v) is 5.01. The highest BCUT2D eigenvalue weighted by atomic mass is 127. The van der Waals surface area contributed by atoms with Gasteiger partial charge in [0.05, 0.1) is 0 Å². The van der Waals surface area contributed by atoms with E-state index < -0.39 is 5.97 Å². The lowest BCUT2D eigenvalue weighted by molar-refractivity contribution is -0.131. The van der Waals surface area contributed by atoms with Crippen molar-refractivity contribution in [1.82, 2.24) is 0 Å².